The maximum absolute atomic E-state index is 13.3. The summed E-state index contributed by atoms with van der Waals surface area (Å²) in [7, 11) is 0. The topological polar surface area (TPSA) is 77.9 Å². The average molecular weight is 287 g/mol. The lowest BCUT2D eigenvalue weighted by atomic mass is 10.2. The molecular formula is C9H8BrFN4O. The van der Waals surface area contributed by atoms with Gasteiger partial charge in [-0.15, -0.1) is 0 Å². The van der Waals surface area contributed by atoms with Crippen LogP contribution in [0.1, 0.15) is 10.4 Å². The fraction of sp³-hybridized carbons (Fsp3) is 0.222. The number of rotatable bonds is 4. The minimum Gasteiger partial charge on any atom is -0.352 e. The molecule has 0 aliphatic rings. The quantitative estimate of drug-likeness (QED) is 0.393. The zero-order chi connectivity index (χ0) is 12.0. The fourth-order valence-corrected chi connectivity index (χ4v) is 1.59. The summed E-state index contributed by atoms with van der Waals surface area (Å²) in [6.07, 6.45) is 0. The first kappa shape index (κ1) is 12.5. The van der Waals surface area contributed by atoms with E-state index in [1.54, 1.807) is 6.07 Å². The Hall–Kier alpha value is -1.59. The third-order valence-electron chi connectivity index (χ3n) is 1.75. The van der Waals surface area contributed by atoms with Gasteiger partial charge in [-0.25, -0.2) is 4.39 Å². The van der Waals surface area contributed by atoms with Gasteiger partial charge in [0.1, 0.15) is 5.82 Å². The molecule has 1 amide bonds. The number of amides is 1. The first-order chi connectivity index (χ1) is 7.66. The van der Waals surface area contributed by atoms with E-state index >= 15 is 0 Å². The third-order valence-corrected chi connectivity index (χ3v) is 2.41. The molecule has 0 unspecified atom stereocenters. The second kappa shape index (κ2) is 6.09. The van der Waals surface area contributed by atoms with Gasteiger partial charge < -0.3 is 5.32 Å². The minimum absolute atomic E-state index is 0.0524. The Labute approximate surface area is 99.4 Å². The highest BCUT2D eigenvalue weighted by Gasteiger charge is 2.14. The largest absolute Gasteiger partial charge is 0.352 e. The molecule has 0 atom stereocenters. The van der Waals surface area contributed by atoms with Crippen molar-refractivity contribution in [1.29, 1.82) is 0 Å². The molecular weight excluding hydrogens is 279 g/mol. The molecule has 0 aromatic heterocycles. The number of azide groups is 1. The van der Waals surface area contributed by atoms with Crippen LogP contribution in [0.25, 0.3) is 10.4 Å². The van der Waals surface area contributed by atoms with Gasteiger partial charge in [0.2, 0.25) is 0 Å². The van der Waals surface area contributed by atoms with Crippen LogP contribution in [-0.4, -0.2) is 19.0 Å². The highest BCUT2D eigenvalue weighted by atomic mass is 79.9. The Morgan fingerprint density at radius 1 is 1.62 bits per heavy atom. The molecule has 0 heterocycles. The molecule has 0 saturated carbocycles. The number of halogens is 2. The highest BCUT2D eigenvalue weighted by molar-refractivity contribution is 9.10. The standard InChI is InChI=1S/C9H8BrFN4O/c10-6-2-1-3-7(11)8(6)9(16)13-4-5-14-15-12/h1-3H,4-5H2,(H,13,16). The Morgan fingerprint density at radius 3 is 3.00 bits per heavy atom. The van der Waals surface area contributed by atoms with Gasteiger partial charge in [-0.1, -0.05) is 11.2 Å². The molecule has 0 aliphatic heterocycles. The first-order valence-corrected chi connectivity index (χ1v) is 5.19. The minimum atomic E-state index is -0.601. The molecule has 7 heteroatoms. The van der Waals surface area contributed by atoms with E-state index in [0.717, 1.165) is 0 Å². The number of nitrogens with zero attached hydrogens (tertiary/aromatic N) is 3. The highest BCUT2D eigenvalue weighted by Crippen LogP contribution is 2.19. The van der Waals surface area contributed by atoms with E-state index in [4.69, 9.17) is 5.53 Å². The molecule has 0 aliphatic carbocycles. The molecule has 16 heavy (non-hydrogen) atoms. The van der Waals surface area contributed by atoms with Gasteiger partial charge in [0.05, 0.1) is 5.56 Å². The summed E-state index contributed by atoms with van der Waals surface area (Å²) in [5.74, 6) is -1.14. The van der Waals surface area contributed by atoms with Crippen molar-refractivity contribution in [2.75, 3.05) is 13.1 Å². The summed E-state index contributed by atoms with van der Waals surface area (Å²) >= 11 is 3.09. The normalized spacial score (nSPS) is 9.38. The Balaban J connectivity index is 2.69. The lowest BCUT2D eigenvalue weighted by molar-refractivity contribution is 0.0950. The Bertz CT molecular complexity index is 425. The van der Waals surface area contributed by atoms with E-state index in [9.17, 15) is 9.18 Å². The predicted octanol–water partition coefficient (Wildman–Crippen LogP) is 2.63. The number of carbonyl (C=O) groups is 1. The van der Waals surface area contributed by atoms with E-state index < -0.39 is 11.7 Å². The van der Waals surface area contributed by atoms with E-state index in [1.165, 1.54) is 12.1 Å². The van der Waals surface area contributed by atoms with Crippen LogP contribution in [0.15, 0.2) is 27.8 Å². The lowest BCUT2D eigenvalue weighted by Crippen LogP contribution is -2.27. The predicted molar refractivity (Wildman–Crippen MR) is 60.4 cm³/mol. The van der Waals surface area contributed by atoms with Crippen molar-refractivity contribution < 1.29 is 9.18 Å². The van der Waals surface area contributed by atoms with Gasteiger partial charge in [0, 0.05) is 22.5 Å². The number of benzene rings is 1. The van der Waals surface area contributed by atoms with Gasteiger partial charge in [-0.3, -0.25) is 4.79 Å². The van der Waals surface area contributed by atoms with Crippen molar-refractivity contribution in [3.8, 4) is 0 Å². The molecule has 0 saturated heterocycles. The molecule has 84 valence electrons. The average Bonchev–Trinajstić information content (AvgIpc) is 2.24. The summed E-state index contributed by atoms with van der Waals surface area (Å²) in [5.41, 5.74) is 7.96. The van der Waals surface area contributed by atoms with Crippen molar-refractivity contribution in [2.24, 2.45) is 5.11 Å². The Kier molecular flexibility index (Phi) is 4.75. The maximum Gasteiger partial charge on any atom is 0.255 e. The van der Waals surface area contributed by atoms with Crippen LogP contribution in [0.5, 0.6) is 0 Å². The summed E-state index contributed by atoms with van der Waals surface area (Å²) in [4.78, 5) is 14.1. The second-order valence-corrected chi connectivity index (χ2v) is 3.66. The number of nitrogens with one attached hydrogen (secondary N) is 1. The second-order valence-electron chi connectivity index (χ2n) is 2.81. The van der Waals surface area contributed by atoms with E-state index in [1.807, 2.05) is 0 Å². The van der Waals surface area contributed by atoms with Crippen LogP contribution in [0.2, 0.25) is 0 Å². The van der Waals surface area contributed by atoms with Crippen molar-refractivity contribution in [3.05, 3.63) is 44.5 Å². The molecule has 1 aromatic rings. The van der Waals surface area contributed by atoms with E-state index in [2.05, 4.69) is 31.3 Å². The molecule has 1 aromatic carbocycles. The smallest absolute Gasteiger partial charge is 0.255 e. The van der Waals surface area contributed by atoms with Crippen molar-refractivity contribution in [1.82, 2.24) is 5.32 Å². The van der Waals surface area contributed by atoms with E-state index in [-0.39, 0.29) is 18.7 Å². The number of hydrogen-bond donors (Lipinski definition) is 1. The molecule has 0 spiro atoms. The molecule has 1 rings (SSSR count). The molecule has 5 nitrogen and oxygen atoms in total. The van der Waals surface area contributed by atoms with Crippen LogP contribution in [-0.2, 0) is 0 Å². The van der Waals surface area contributed by atoms with Crippen LogP contribution in [0.3, 0.4) is 0 Å². The summed E-state index contributed by atoms with van der Waals surface area (Å²) in [6.45, 7) is 0.304. The van der Waals surface area contributed by atoms with Crippen molar-refractivity contribution in [3.63, 3.8) is 0 Å². The SMILES string of the molecule is [N-]=[N+]=NCCNC(=O)c1c(F)cccc1Br. The Morgan fingerprint density at radius 2 is 2.38 bits per heavy atom. The first-order valence-electron chi connectivity index (χ1n) is 4.40. The van der Waals surface area contributed by atoms with Gasteiger partial charge in [-0.2, -0.15) is 0 Å². The van der Waals surface area contributed by atoms with Crippen LogP contribution < -0.4 is 5.32 Å². The van der Waals surface area contributed by atoms with Crippen molar-refractivity contribution >= 4 is 21.8 Å². The van der Waals surface area contributed by atoms with Crippen molar-refractivity contribution in [2.45, 2.75) is 0 Å². The molecule has 1 N–H and O–H groups in total. The van der Waals surface area contributed by atoms with Gasteiger partial charge in [0.25, 0.3) is 5.91 Å². The van der Waals surface area contributed by atoms with E-state index in [0.29, 0.717) is 4.47 Å². The molecule has 0 fully saturated rings. The monoisotopic (exact) mass is 286 g/mol. The zero-order valence-corrected chi connectivity index (χ0v) is 9.74. The molecule has 0 radical (unpaired) electrons. The van der Waals surface area contributed by atoms with Crippen LogP contribution in [0.4, 0.5) is 4.39 Å². The summed E-state index contributed by atoms with van der Waals surface area (Å²) in [6, 6.07) is 4.27. The van der Waals surface area contributed by atoms with Crippen LogP contribution >= 0.6 is 15.9 Å². The van der Waals surface area contributed by atoms with Gasteiger partial charge in [-0.05, 0) is 33.6 Å². The lowest BCUT2D eigenvalue weighted by Gasteiger charge is -2.06. The van der Waals surface area contributed by atoms with Gasteiger partial charge in [0.15, 0.2) is 0 Å². The van der Waals surface area contributed by atoms with Crippen LogP contribution in [0, 0.1) is 5.82 Å². The number of hydrogen-bond acceptors (Lipinski definition) is 2. The summed E-state index contributed by atoms with van der Waals surface area (Å²) < 4.78 is 13.7. The fourth-order valence-electron chi connectivity index (χ4n) is 1.07. The maximum atomic E-state index is 13.3. The number of carbonyl (C=O) groups excluding carboxylic acids is 1. The third kappa shape index (κ3) is 3.22. The summed E-state index contributed by atoms with van der Waals surface area (Å²) in [5, 5.41) is 5.68. The molecule has 0 bridgehead atoms. The van der Waals surface area contributed by atoms with Gasteiger partial charge >= 0.3 is 0 Å². The zero-order valence-electron chi connectivity index (χ0n) is 8.15.